The van der Waals surface area contributed by atoms with E-state index < -0.39 is 0 Å². The van der Waals surface area contributed by atoms with Crippen molar-refractivity contribution >= 4 is 11.8 Å². The molecule has 80 valence electrons. The highest BCUT2D eigenvalue weighted by molar-refractivity contribution is 6.01. The van der Waals surface area contributed by atoms with Crippen molar-refractivity contribution < 1.29 is 14.7 Å². The number of aliphatic hydroxyl groups excluding tert-OH is 1. The lowest BCUT2D eigenvalue weighted by Crippen LogP contribution is -2.38. The first-order valence-corrected chi connectivity index (χ1v) is 4.90. The highest BCUT2D eigenvalue weighted by Crippen LogP contribution is 2.24. The van der Waals surface area contributed by atoms with Crippen LogP contribution in [0.5, 0.6) is 0 Å². The van der Waals surface area contributed by atoms with E-state index in [9.17, 15) is 9.59 Å². The molecule has 0 aromatic carbocycles. The van der Waals surface area contributed by atoms with Gasteiger partial charge in [0.25, 0.3) is 0 Å². The number of hydrogen-bond acceptors (Lipinski definition) is 3. The van der Waals surface area contributed by atoms with Crippen LogP contribution < -0.4 is 0 Å². The Morgan fingerprint density at radius 1 is 1.29 bits per heavy atom. The molecule has 1 fully saturated rings. The van der Waals surface area contributed by atoms with Crippen LogP contribution in [0.1, 0.15) is 33.1 Å². The zero-order valence-electron chi connectivity index (χ0n) is 8.75. The van der Waals surface area contributed by atoms with Gasteiger partial charge in [0.15, 0.2) is 0 Å². The van der Waals surface area contributed by atoms with Gasteiger partial charge in [-0.25, -0.2) is 0 Å². The Hall–Kier alpha value is -0.900. The van der Waals surface area contributed by atoms with Crippen molar-refractivity contribution in [3.05, 3.63) is 0 Å². The molecular formula is C10H17NO3. The number of hydrogen-bond donors (Lipinski definition) is 1. The Morgan fingerprint density at radius 2 is 1.79 bits per heavy atom. The summed E-state index contributed by atoms with van der Waals surface area (Å²) in [5.74, 6) is -0.165. The largest absolute Gasteiger partial charge is 0.396 e. The zero-order chi connectivity index (χ0) is 10.8. The molecule has 0 bridgehead atoms. The monoisotopic (exact) mass is 199 g/mol. The minimum Gasteiger partial charge on any atom is -0.396 e. The van der Waals surface area contributed by atoms with Crippen LogP contribution in [0, 0.1) is 5.41 Å². The van der Waals surface area contributed by atoms with Crippen LogP contribution in [-0.2, 0) is 9.59 Å². The molecule has 0 aliphatic carbocycles. The normalized spacial score (nSPS) is 18.1. The highest BCUT2D eigenvalue weighted by Gasteiger charge is 2.33. The fourth-order valence-electron chi connectivity index (χ4n) is 1.61. The standard InChI is InChI=1S/C10H17NO3/c1-10(2,5-6-12)7-11-8(13)3-4-9(11)14/h12H,3-7H2,1-2H3. The molecule has 0 radical (unpaired) electrons. The molecular weight excluding hydrogens is 182 g/mol. The molecule has 1 rings (SSSR count). The first-order valence-electron chi connectivity index (χ1n) is 4.90. The van der Waals surface area contributed by atoms with Crippen molar-refractivity contribution in [1.29, 1.82) is 0 Å². The van der Waals surface area contributed by atoms with E-state index in [0.29, 0.717) is 25.8 Å². The number of carbonyl (C=O) groups is 2. The third-order valence-corrected chi connectivity index (χ3v) is 2.53. The Labute approximate surface area is 83.9 Å². The fourth-order valence-corrected chi connectivity index (χ4v) is 1.61. The third kappa shape index (κ3) is 2.54. The number of amides is 2. The summed E-state index contributed by atoms with van der Waals surface area (Å²) in [7, 11) is 0. The Balaban J connectivity index is 2.58. The van der Waals surface area contributed by atoms with Crippen LogP contribution in [0.15, 0.2) is 0 Å². The smallest absolute Gasteiger partial charge is 0.229 e. The van der Waals surface area contributed by atoms with Gasteiger partial charge < -0.3 is 5.11 Å². The molecule has 0 unspecified atom stereocenters. The topological polar surface area (TPSA) is 57.6 Å². The van der Waals surface area contributed by atoms with Gasteiger partial charge in [-0.1, -0.05) is 13.8 Å². The van der Waals surface area contributed by atoms with Crippen LogP contribution in [0.25, 0.3) is 0 Å². The maximum absolute atomic E-state index is 11.3. The van der Waals surface area contributed by atoms with Crippen molar-refractivity contribution in [1.82, 2.24) is 4.90 Å². The lowest BCUT2D eigenvalue weighted by atomic mass is 9.89. The SMILES string of the molecule is CC(C)(CCO)CN1C(=O)CCC1=O. The van der Waals surface area contributed by atoms with Gasteiger partial charge in [0.2, 0.25) is 11.8 Å². The number of imide groups is 1. The Kier molecular flexibility index (Phi) is 3.26. The molecule has 1 aliphatic heterocycles. The molecule has 1 N–H and O–H groups in total. The zero-order valence-corrected chi connectivity index (χ0v) is 8.75. The number of rotatable bonds is 4. The maximum atomic E-state index is 11.3. The second-order valence-electron chi connectivity index (χ2n) is 4.51. The van der Waals surface area contributed by atoms with Gasteiger partial charge >= 0.3 is 0 Å². The molecule has 0 atom stereocenters. The van der Waals surface area contributed by atoms with E-state index in [2.05, 4.69) is 0 Å². The second-order valence-corrected chi connectivity index (χ2v) is 4.51. The average molecular weight is 199 g/mol. The first kappa shape index (κ1) is 11.2. The van der Waals surface area contributed by atoms with Gasteiger partial charge in [0.05, 0.1) is 0 Å². The van der Waals surface area contributed by atoms with E-state index in [0.717, 1.165) is 0 Å². The number of likely N-dealkylation sites (tertiary alicyclic amines) is 1. The minimum absolute atomic E-state index is 0.0824. The third-order valence-electron chi connectivity index (χ3n) is 2.53. The van der Waals surface area contributed by atoms with E-state index in [1.807, 2.05) is 13.8 Å². The lowest BCUT2D eigenvalue weighted by Gasteiger charge is -2.28. The summed E-state index contributed by atoms with van der Waals surface area (Å²) in [4.78, 5) is 23.9. The molecule has 0 saturated carbocycles. The Morgan fingerprint density at radius 3 is 2.21 bits per heavy atom. The summed E-state index contributed by atoms with van der Waals surface area (Å²) in [6.07, 6.45) is 1.28. The molecule has 4 heteroatoms. The molecule has 1 saturated heterocycles. The van der Waals surface area contributed by atoms with Crippen molar-refractivity contribution in [2.24, 2.45) is 5.41 Å². The summed E-state index contributed by atoms with van der Waals surface area (Å²) >= 11 is 0. The number of aliphatic hydroxyl groups is 1. The van der Waals surface area contributed by atoms with E-state index >= 15 is 0 Å². The van der Waals surface area contributed by atoms with Gasteiger partial charge in [-0.2, -0.15) is 0 Å². The second kappa shape index (κ2) is 4.09. The van der Waals surface area contributed by atoms with E-state index in [1.54, 1.807) is 0 Å². The van der Waals surface area contributed by atoms with Crippen LogP contribution in [0.3, 0.4) is 0 Å². The Bertz CT molecular complexity index is 232. The first-order chi connectivity index (χ1) is 6.46. The van der Waals surface area contributed by atoms with Crippen LogP contribution in [-0.4, -0.2) is 35.0 Å². The van der Waals surface area contributed by atoms with Gasteiger partial charge in [0, 0.05) is 26.0 Å². The fraction of sp³-hybridized carbons (Fsp3) is 0.800. The van der Waals surface area contributed by atoms with E-state index in [1.165, 1.54) is 4.90 Å². The lowest BCUT2D eigenvalue weighted by molar-refractivity contribution is -0.140. The van der Waals surface area contributed by atoms with Gasteiger partial charge in [-0.15, -0.1) is 0 Å². The van der Waals surface area contributed by atoms with Crippen molar-refractivity contribution in [2.75, 3.05) is 13.2 Å². The molecule has 1 aliphatic rings. The van der Waals surface area contributed by atoms with E-state index in [4.69, 9.17) is 5.11 Å². The average Bonchev–Trinajstić information content (AvgIpc) is 2.35. The minimum atomic E-state index is -0.190. The predicted molar refractivity (Wildman–Crippen MR) is 51.4 cm³/mol. The molecule has 1 heterocycles. The number of carbonyl (C=O) groups excluding carboxylic acids is 2. The van der Waals surface area contributed by atoms with Crippen molar-refractivity contribution in [2.45, 2.75) is 33.1 Å². The summed E-state index contributed by atoms with van der Waals surface area (Å²) in [6, 6.07) is 0. The molecule has 2 amide bonds. The molecule has 4 nitrogen and oxygen atoms in total. The quantitative estimate of drug-likeness (QED) is 0.672. The summed E-state index contributed by atoms with van der Waals surface area (Å²) in [5, 5.41) is 8.82. The molecule has 0 spiro atoms. The van der Waals surface area contributed by atoms with Crippen LogP contribution >= 0.6 is 0 Å². The molecule has 0 aromatic heterocycles. The maximum Gasteiger partial charge on any atom is 0.229 e. The van der Waals surface area contributed by atoms with Crippen molar-refractivity contribution in [3.63, 3.8) is 0 Å². The van der Waals surface area contributed by atoms with Crippen LogP contribution in [0.4, 0.5) is 0 Å². The van der Waals surface area contributed by atoms with E-state index in [-0.39, 0.29) is 23.8 Å². The summed E-state index contributed by atoms with van der Waals surface area (Å²) in [5.41, 5.74) is -0.190. The highest BCUT2D eigenvalue weighted by atomic mass is 16.3. The molecule has 14 heavy (non-hydrogen) atoms. The van der Waals surface area contributed by atoms with Gasteiger partial charge in [-0.3, -0.25) is 14.5 Å². The predicted octanol–water partition coefficient (Wildman–Crippen LogP) is 0.544. The molecule has 0 aromatic rings. The summed E-state index contributed by atoms with van der Waals surface area (Å²) in [6.45, 7) is 4.40. The van der Waals surface area contributed by atoms with Crippen LogP contribution in [0.2, 0.25) is 0 Å². The van der Waals surface area contributed by atoms with Crippen molar-refractivity contribution in [3.8, 4) is 0 Å². The van der Waals surface area contributed by atoms with Gasteiger partial charge in [0.1, 0.15) is 0 Å². The number of nitrogens with zero attached hydrogens (tertiary/aromatic N) is 1. The van der Waals surface area contributed by atoms with Gasteiger partial charge in [-0.05, 0) is 11.8 Å². The summed E-state index contributed by atoms with van der Waals surface area (Å²) < 4.78 is 0.